The maximum Gasteiger partial charge on any atom is 0.289 e. The van der Waals surface area contributed by atoms with Gasteiger partial charge in [0, 0.05) is 39.3 Å². The number of carbonyl (C=O) groups is 1. The van der Waals surface area contributed by atoms with Crippen molar-refractivity contribution in [2.45, 2.75) is 20.5 Å². The van der Waals surface area contributed by atoms with Crippen molar-refractivity contribution in [2.75, 3.05) is 45.9 Å². The first-order valence-corrected chi connectivity index (χ1v) is 10.6. The Hall–Kier alpha value is -2.80. The lowest BCUT2D eigenvalue weighted by Crippen LogP contribution is -2.53. The van der Waals surface area contributed by atoms with Crippen LogP contribution in [-0.4, -0.2) is 67.5 Å². The third-order valence-electron chi connectivity index (χ3n) is 5.00. The number of hydrogen-bond donors (Lipinski definition) is 1. The molecule has 1 aliphatic heterocycles. The van der Waals surface area contributed by atoms with Crippen molar-refractivity contribution in [3.05, 3.63) is 60.1 Å². The van der Waals surface area contributed by atoms with E-state index in [1.54, 1.807) is 12.1 Å². The van der Waals surface area contributed by atoms with Gasteiger partial charge in [-0.2, -0.15) is 0 Å². The highest BCUT2D eigenvalue weighted by atomic mass is 16.5. The second-order valence-electron chi connectivity index (χ2n) is 7.56. The van der Waals surface area contributed by atoms with Crippen LogP contribution >= 0.6 is 0 Å². The van der Waals surface area contributed by atoms with Crippen LogP contribution in [0.25, 0.3) is 0 Å². The second-order valence-corrected chi connectivity index (χ2v) is 7.56. The molecule has 3 rings (SSSR count). The predicted octanol–water partition coefficient (Wildman–Crippen LogP) is 2.86. The van der Waals surface area contributed by atoms with Crippen LogP contribution in [0.1, 0.15) is 30.0 Å². The minimum Gasteiger partial charge on any atom is -0.459 e. The van der Waals surface area contributed by atoms with Gasteiger partial charge in [0.05, 0.1) is 19.5 Å². The van der Waals surface area contributed by atoms with Gasteiger partial charge in [-0.3, -0.25) is 9.79 Å². The number of ether oxygens (including phenoxy) is 1. The minimum absolute atomic E-state index is 0.0502. The maximum absolute atomic E-state index is 12.4. The summed E-state index contributed by atoms with van der Waals surface area (Å²) < 4.78 is 11.1. The smallest absolute Gasteiger partial charge is 0.289 e. The van der Waals surface area contributed by atoms with Gasteiger partial charge in [0.25, 0.3) is 5.91 Å². The number of furan rings is 1. The topological polar surface area (TPSA) is 70.3 Å². The van der Waals surface area contributed by atoms with E-state index in [9.17, 15) is 4.79 Å². The molecule has 7 nitrogen and oxygen atoms in total. The van der Waals surface area contributed by atoms with Gasteiger partial charge in [-0.15, -0.1) is 0 Å². The summed E-state index contributed by atoms with van der Waals surface area (Å²) in [6.07, 6.45) is 1.53. The van der Waals surface area contributed by atoms with E-state index < -0.39 is 0 Å². The average molecular weight is 413 g/mol. The summed E-state index contributed by atoms with van der Waals surface area (Å²) >= 11 is 0. The SMILES string of the molecule is CCNC(=NCC(C)COCc1ccccc1)N1CCN(C(=O)c2ccco2)CC1. The lowest BCUT2D eigenvalue weighted by atomic mass is 10.2. The highest BCUT2D eigenvalue weighted by Crippen LogP contribution is 2.10. The molecule has 1 saturated heterocycles. The Morgan fingerprint density at radius 2 is 1.87 bits per heavy atom. The van der Waals surface area contributed by atoms with Crippen LogP contribution in [0, 0.1) is 5.92 Å². The molecule has 30 heavy (non-hydrogen) atoms. The Labute approximate surface area is 178 Å². The molecule has 162 valence electrons. The highest BCUT2D eigenvalue weighted by Gasteiger charge is 2.25. The van der Waals surface area contributed by atoms with E-state index in [1.165, 1.54) is 11.8 Å². The van der Waals surface area contributed by atoms with Gasteiger partial charge in [-0.05, 0) is 30.5 Å². The largest absolute Gasteiger partial charge is 0.459 e. The van der Waals surface area contributed by atoms with Crippen LogP contribution in [0.2, 0.25) is 0 Å². The summed E-state index contributed by atoms with van der Waals surface area (Å²) in [7, 11) is 0. The first-order chi connectivity index (χ1) is 14.7. The molecule has 2 aromatic rings. The molecule has 0 aliphatic carbocycles. The van der Waals surface area contributed by atoms with Crippen LogP contribution in [0.5, 0.6) is 0 Å². The van der Waals surface area contributed by atoms with E-state index in [0.717, 1.165) is 25.6 Å². The number of nitrogens with zero attached hydrogens (tertiary/aromatic N) is 3. The third kappa shape index (κ3) is 6.35. The monoisotopic (exact) mass is 412 g/mol. The Kier molecular flexibility index (Phi) is 8.32. The van der Waals surface area contributed by atoms with E-state index in [4.69, 9.17) is 14.1 Å². The second kappa shape index (κ2) is 11.4. The van der Waals surface area contributed by atoms with Crippen LogP contribution in [-0.2, 0) is 11.3 Å². The molecule has 1 aliphatic rings. The molecule has 1 unspecified atom stereocenters. The Bertz CT molecular complexity index is 784. The van der Waals surface area contributed by atoms with Crippen molar-refractivity contribution in [3.8, 4) is 0 Å². The normalized spacial score (nSPS) is 15.9. The van der Waals surface area contributed by atoms with Crippen LogP contribution < -0.4 is 5.32 Å². The Morgan fingerprint density at radius 1 is 1.13 bits per heavy atom. The fourth-order valence-corrected chi connectivity index (χ4v) is 3.35. The zero-order valence-corrected chi connectivity index (χ0v) is 17.9. The first-order valence-electron chi connectivity index (χ1n) is 10.6. The van der Waals surface area contributed by atoms with Gasteiger partial charge in [0.1, 0.15) is 0 Å². The number of amides is 1. The molecule has 0 spiro atoms. The molecule has 2 heterocycles. The van der Waals surface area contributed by atoms with Crippen molar-refractivity contribution in [1.82, 2.24) is 15.1 Å². The lowest BCUT2D eigenvalue weighted by molar-refractivity contribution is 0.0657. The Morgan fingerprint density at radius 3 is 2.53 bits per heavy atom. The molecule has 1 aromatic carbocycles. The summed E-state index contributed by atoms with van der Waals surface area (Å²) in [4.78, 5) is 21.3. The van der Waals surface area contributed by atoms with Crippen molar-refractivity contribution in [2.24, 2.45) is 10.9 Å². The van der Waals surface area contributed by atoms with Gasteiger partial charge in [-0.1, -0.05) is 37.3 Å². The van der Waals surface area contributed by atoms with Crippen LogP contribution in [0.3, 0.4) is 0 Å². The molecule has 0 bridgehead atoms. The van der Waals surface area contributed by atoms with Crippen LogP contribution in [0.15, 0.2) is 58.1 Å². The zero-order valence-electron chi connectivity index (χ0n) is 17.9. The zero-order chi connectivity index (χ0) is 21.2. The van der Waals surface area contributed by atoms with Gasteiger partial charge in [-0.25, -0.2) is 0 Å². The number of hydrogen-bond acceptors (Lipinski definition) is 4. The number of benzene rings is 1. The van der Waals surface area contributed by atoms with E-state index >= 15 is 0 Å². The molecule has 0 saturated carbocycles. The van der Waals surface area contributed by atoms with Crippen molar-refractivity contribution in [1.29, 1.82) is 0 Å². The molecule has 1 N–H and O–H groups in total. The van der Waals surface area contributed by atoms with Gasteiger partial charge >= 0.3 is 0 Å². The van der Waals surface area contributed by atoms with E-state index in [-0.39, 0.29) is 5.91 Å². The molecule has 1 atom stereocenters. The molecule has 0 radical (unpaired) electrons. The van der Waals surface area contributed by atoms with Gasteiger partial charge in [0.15, 0.2) is 11.7 Å². The highest BCUT2D eigenvalue weighted by molar-refractivity contribution is 5.91. The summed E-state index contributed by atoms with van der Waals surface area (Å²) in [5.41, 5.74) is 1.18. The summed E-state index contributed by atoms with van der Waals surface area (Å²) in [5.74, 6) is 1.57. The molecule has 1 aromatic heterocycles. The number of guanidine groups is 1. The standard InChI is InChI=1S/C23H32N4O3/c1-3-24-23(25-16-19(2)17-29-18-20-8-5-4-6-9-20)27-13-11-26(12-14-27)22(28)21-10-7-15-30-21/h4-10,15,19H,3,11-14,16-18H2,1-2H3,(H,24,25). The number of nitrogens with one attached hydrogen (secondary N) is 1. The average Bonchev–Trinajstić information content (AvgIpc) is 3.32. The van der Waals surface area contributed by atoms with Crippen molar-refractivity contribution in [3.63, 3.8) is 0 Å². The predicted molar refractivity (Wildman–Crippen MR) is 117 cm³/mol. The van der Waals surface area contributed by atoms with E-state index in [1.807, 2.05) is 23.1 Å². The van der Waals surface area contributed by atoms with Crippen molar-refractivity contribution >= 4 is 11.9 Å². The lowest BCUT2D eigenvalue weighted by Gasteiger charge is -2.36. The summed E-state index contributed by atoms with van der Waals surface area (Å²) in [6, 6.07) is 13.7. The number of piperazine rings is 1. The van der Waals surface area contributed by atoms with Crippen molar-refractivity contribution < 1.29 is 13.9 Å². The van der Waals surface area contributed by atoms with Gasteiger partial charge < -0.3 is 24.3 Å². The van der Waals surface area contributed by atoms with E-state index in [0.29, 0.717) is 44.5 Å². The number of aliphatic imine (C=N–C) groups is 1. The quantitative estimate of drug-likeness (QED) is 0.533. The summed E-state index contributed by atoms with van der Waals surface area (Å²) in [5, 5.41) is 3.37. The maximum atomic E-state index is 12.4. The third-order valence-corrected chi connectivity index (χ3v) is 5.00. The molecule has 7 heteroatoms. The number of rotatable bonds is 8. The fraction of sp³-hybridized carbons (Fsp3) is 0.478. The molecule has 1 fully saturated rings. The summed E-state index contributed by atoms with van der Waals surface area (Å²) in [6.45, 7) is 9.82. The first kappa shape index (κ1) is 21.9. The van der Waals surface area contributed by atoms with Gasteiger partial charge in [0.2, 0.25) is 0 Å². The molecular formula is C23H32N4O3. The fourth-order valence-electron chi connectivity index (χ4n) is 3.35. The van der Waals surface area contributed by atoms with E-state index in [2.05, 4.69) is 36.2 Å². The molecular weight excluding hydrogens is 380 g/mol. The molecule has 1 amide bonds. The minimum atomic E-state index is -0.0502. The van der Waals surface area contributed by atoms with Crippen LogP contribution in [0.4, 0.5) is 0 Å². The number of carbonyl (C=O) groups excluding carboxylic acids is 1. The Balaban J connectivity index is 1.45.